The average Bonchev–Trinajstić information content (AvgIpc) is 3.38. The van der Waals surface area contributed by atoms with E-state index in [1.165, 1.54) is 6.92 Å². The molecule has 174 valence electrons. The van der Waals surface area contributed by atoms with Gasteiger partial charge < -0.3 is 15.2 Å². The number of ether oxygens (including phenoxy) is 1. The Morgan fingerprint density at radius 1 is 1.30 bits per heavy atom. The molecule has 33 heavy (non-hydrogen) atoms. The van der Waals surface area contributed by atoms with Crippen molar-refractivity contribution in [2.75, 3.05) is 12.4 Å². The molecule has 10 heteroatoms. The summed E-state index contributed by atoms with van der Waals surface area (Å²) < 4.78 is 22.5. The highest BCUT2D eigenvalue weighted by Gasteiger charge is 2.29. The Morgan fingerprint density at radius 3 is 2.82 bits per heavy atom. The van der Waals surface area contributed by atoms with Crippen LogP contribution in [0.3, 0.4) is 0 Å². The Labute approximate surface area is 190 Å². The van der Waals surface area contributed by atoms with Gasteiger partial charge in [-0.3, -0.25) is 0 Å². The molecule has 1 atom stereocenters. The van der Waals surface area contributed by atoms with E-state index in [1.54, 1.807) is 16.3 Å². The van der Waals surface area contributed by atoms with Crippen LogP contribution in [-0.4, -0.2) is 59.6 Å². The highest BCUT2D eigenvalue weighted by molar-refractivity contribution is 5.89. The summed E-state index contributed by atoms with van der Waals surface area (Å²) in [5, 5.41) is 26.4. The normalized spacial score (nSPS) is 22.0. The maximum absolute atomic E-state index is 13.6. The number of alkyl halides is 1. The van der Waals surface area contributed by atoms with Crippen LogP contribution < -0.4 is 10.1 Å². The third-order valence-corrected chi connectivity index (χ3v) is 6.32. The Kier molecular flexibility index (Phi) is 5.40. The lowest BCUT2D eigenvalue weighted by molar-refractivity contribution is 0.0195. The molecular formula is C23H28FN7O2. The van der Waals surface area contributed by atoms with Crippen molar-refractivity contribution >= 4 is 22.5 Å². The van der Waals surface area contributed by atoms with Gasteiger partial charge in [0.05, 0.1) is 24.8 Å². The summed E-state index contributed by atoms with van der Waals surface area (Å²) in [5.41, 5.74) is 3.44. The quantitative estimate of drug-likeness (QED) is 0.460. The smallest absolute Gasteiger partial charge is 0.244 e. The standard InChI is InChI=1S/C23H28FN7O2/c1-14(24)13-31-19-12-15(4-5-18(19)27-29-31)17-8-11-30-20(17)21(33-3)26-22(28-30)25-16-6-9-23(2,32)10-7-16/h4-5,8,11-12,14,16,32H,6-7,9-10,13H2,1-3H3,(H,25,28)/t14-,16?,23?/m1/s1. The fourth-order valence-corrected chi connectivity index (χ4v) is 4.50. The molecule has 2 N–H and O–H groups in total. The van der Waals surface area contributed by atoms with Crippen molar-refractivity contribution in [3.8, 4) is 17.0 Å². The first-order valence-corrected chi connectivity index (χ1v) is 11.2. The molecule has 1 aliphatic rings. The number of nitrogens with zero attached hydrogens (tertiary/aromatic N) is 6. The van der Waals surface area contributed by atoms with Crippen LogP contribution in [0.1, 0.15) is 39.5 Å². The van der Waals surface area contributed by atoms with Gasteiger partial charge in [-0.1, -0.05) is 11.3 Å². The summed E-state index contributed by atoms with van der Waals surface area (Å²) in [7, 11) is 1.59. The number of aromatic nitrogens is 6. The zero-order valence-corrected chi connectivity index (χ0v) is 19.0. The number of halogens is 1. The molecule has 0 aliphatic heterocycles. The predicted molar refractivity (Wildman–Crippen MR) is 123 cm³/mol. The van der Waals surface area contributed by atoms with E-state index in [9.17, 15) is 9.50 Å². The second-order valence-corrected chi connectivity index (χ2v) is 9.14. The van der Waals surface area contributed by atoms with Gasteiger partial charge in [0.15, 0.2) is 0 Å². The molecule has 3 aromatic heterocycles. The molecule has 4 aromatic rings. The highest BCUT2D eigenvalue weighted by Crippen LogP contribution is 2.34. The van der Waals surface area contributed by atoms with Gasteiger partial charge >= 0.3 is 0 Å². The SMILES string of the molecule is COc1nc(NC2CCC(C)(O)CC2)nn2ccc(-c3ccc4nnn(C[C@@H](C)F)c4c3)c12. The number of methoxy groups -OCH3 is 1. The van der Waals surface area contributed by atoms with Gasteiger partial charge in [0.2, 0.25) is 11.8 Å². The summed E-state index contributed by atoms with van der Waals surface area (Å²) in [5.74, 6) is 0.946. The number of benzene rings is 1. The van der Waals surface area contributed by atoms with Crippen LogP contribution >= 0.6 is 0 Å². The molecular weight excluding hydrogens is 425 g/mol. The molecule has 3 heterocycles. The van der Waals surface area contributed by atoms with Crippen LogP contribution in [-0.2, 0) is 6.54 Å². The van der Waals surface area contributed by atoms with Gasteiger partial charge in [-0.05, 0) is 63.3 Å². The Morgan fingerprint density at radius 2 is 2.09 bits per heavy atom. The van der Waals surface area contributed by atoms with Gasteiger partial charge in [-0.25, -0.2) is 13.6 Å². The Balaban J connectivity index is 1.49. The Hall–Kier alpha value is -3.27. The van der Waals surface area contributed by atoms with Crippen LogP contribution in [0, 0.1) is 0 Å². The van der Waals surface area contributed by atoms with Crippen LogP contribution in [0.2, 0.25) is 0 Å². The van der Waals surface area contributed by atoms with E-state index < -0.39 is 11.8 Å². The van der Waals surface area contributed by atoms with E-state index in [-0.39, 0.29) is 12.6 Å². The van der Waals surface area contributed by atoms with Crippen LogP contribution in [0.25, 0.3) is 27.7 Å². The van der Waals surface area contributed by atoms with Crippen molar-refractivity contribution in [3.05, 3.63) is 30.5 Å². The van der Waals surface area contributed by atoms with Gasteiger partial charge in [0.25, 0.3) is 0 Å². The van der Waals surface area contributed by atoms with Gasteiger partial charge in [-0.15, -0.1) is 10.2 Å². The number of rotatable bonds is 6. The lowest BCUT2D eigenvalue weighted by Crippen LogP contribution is -2.36. The molecule has 1 fully saturated rings. The first kappa shape index (κ1) is 21.6. The number of nitrogens with one attached hydrogen (secondary N) is 1. The zero-order valence-electron chi connectivity index (χ0n) is 19.0. The molecule has 0 spiro atoms. The molecule has 1 saturated carbocycles. The van der Waals surface area contributed by atoms with Crippen molar-refractivity contribution in [2.45, 2.75) is 63.9 Å². The third-order valence-electron chi connectivity index (χ3n) is 6.32. The fourth-order valence-electron chi connectivity index (χ4n) is 4.50. The maximum atomic E-state index is 13.6. The molecule has 0 amide bonds. The second-order valence-electron chi connectivity index (χ2n) is 9.14. The van der Waals surface area contributed by atoms with Crippen LogP contribution in [0.15, 0.2) is 30.5 Å². The molecule has 9 nitrogen and oxygen atoms in total. The maximum Gasteiger partial charge on any atom is 0.244 e. The number of hydrogen-bond acceptors (Lipinski definition) is 7. The van der Waals surface area contributed by atoms with Crippen molar-refractivity contribution in [1.29, 1.82) is 0 Å². The van der Waals surface area contributed by atoms with Gasteiger partial charge in [0.1, 0.15) is 17.2 Å². The van der Waals surface area contributed by atoms with Crippen molar-refractivity contribution in [1.82, 2.24) is 29.6 Å². The lowest BCUT2D eigenvalue weighted by Gasteiger charge is -2.33. The minimum Gasteiger partial charge on any atom is -0.479 e. The zero-order chi connectivity index (χ0) is 23.2. The summed E-state index contributed by atoms with van der Waals surface area (Å²) >= 11 is 0. The second kappa shape index (κ2) is 8.26. The lowest BCUT2D eigenvalue weighted by atomic mass is 9.84. The molecule has 1 aromatic carbocycles. The van der Waals surface area contributed by atoms with Crippen molar-refractivity contribution < 1.29 is 14.2 Å². The average molecular weight is 454 g/mol. The van der Waals surface area contributed by atoms with E-state index >= 15 is 0 Å². The van der Waals surface area contributed by atoms with Gasteiger partial charge in [0, 0.05) is 17.8 Å². The Bertz CT molecular complexity index is 1290. The third kappa shape index (κ3) is 4.22. The number of hydrogen-bond donors (Lipinski definition) is 2. The summed E-state index contributed by atoms with van der Waals surface area (Å²) in [4.78, 5) is 4.61. The number of fused-ring (bicyclic) bond motifs is 2. The van der Waals surface area contributed by atoms with E-state index in [0.717, 1.165) is 47.8 Å². The molecule has 1 aliphatic carbocycles. The largest absolute Gasteiger partial charge is 0.479 e. The van der Waals surface area contributed by atoms with Crippen molar-refractivity contribution in [2.24, 2.45) is 0 Å². The van der Waals surface area contributed by atoms with E-state index in [0.29, 0.717) is 17.3 Å². The molecule has 0 unspecified atom stereocenters. The minimum absolute atomic E-state index is 0.147. The summed E-state index contributed by atoms with van der Waals surface area (Å²) in [6, 6.07) is 7.94. The first-order valence-electron chi connectivity index (χ1n) is 11.2. The molecule has 0 saturated heterocycles. The minimum atomic E-state index is -1.02. The first-order chi connectivity index (χ1) is 15.8. The monoisotopic (exact) mass is 453 g/mol. The summed E-state index contributed by atoms with van der Waals surface area (Å²) in [6.45, 7) is 3.53. The summed E-state index contributed by atoms with van der Waals surface area (Å²) in [6.07, 6.45) is 4.04. The van der Waals surface area contributed by atoms with E-state index in [1.807, 2.05) is 37.4 Å². The van der Waals surface area contributed by atoms with E-state index in [2.05, 4.69) is 25.7 Å². The highest BCUT2D eigenvalue weighted by atomic mass is 19.1. The predicted octanol–water partition coefficient (Wildman–Crippen LogP) is 3.61. The van der Waals surface area contributed by atoms with E-state index in [4.69, 9.17) is 4.74 Å². The number of aliphatic hydroxyl groups is 1. The van der Waals surface area contributed by atoms with Crippen molar-refractivity contribution in [3.63, 3.8) is 0 Å². The number of anilines is 1. The molecule has 0 radical (unpaired) electrons. The fraction of sp³-hybridized carbons (Fsp3) is 0.478. The molecule has 5 rings (SSSR count). The van der Waals surface area contributed by atoms with Crippen LogP contribution in [0.4, 0.5) is 10.3 Å². The van der Waals surface area contributed by atoms with Crippen LogP contribution in [0.5, 0.6) is 5.88 Å². The topological polar surface area (TPSA) is 102 Å². The van der Waals surface area contributed by atoms with Gasteiger partial charge in [-0.2, -0.15) is 4.98 Å². The molecule has 0 bridgehead atoms.